The van der Waals surface area contributed by atoms with Gasteiger partial charge in [0, 0.05) is 43.6 Å². The summed E-state index contributed by atoms with van der Waals surface area (Å²) in [7, 11) is 2.15. The molecule has 2 aromatic rings. The second-order valence-electron chi connectivity index (χ2n) is 7.94. The highest BCUT2D eigenvalue weighted by molar-refractivity contribution is 7.80. The Morgan fingerprint density at radius 3 is 2.23 bits per heavy atom. The maximum Gasteiger partial charge on any atom is 0.250 e. The van der Waals surface area contributed by atoms with Gasteiger partial charge in [-0.05, 0) is 66.7 Å². The lowest BCUT2D eigenvalue weighted by Crippen LogP contribution is -2.44. The van der Waals surface area contributed by atoms with Crippen LogP contribution in [0.25, 0.3) is 6.08 Å². The van der Waals surface area contributed by atoms with E-state index in [1.807, 2.05) is 24.3 Å². The molecular formula is C24H30N4OS. The summed E-state index contributed by atoms with van der Waals surface area (Å²) in [4.78, 5) is 16.9. The molecule has 1 fully saturated rings. The molecular weight excluding hydrogens is 392 g/mol. The number of nitrogens with one attached hydrogen (secondary N) is 2. The van der Waals surface area contributed by atoms with E-state index in [1.165, 1.54) is 17.3 Å². The topological polar surface area (TPSA) is 47.6 Å². The van der Waals surface area contributed by atoms with Crippen molar-refractivity contribution in [2.75, 3.05) is 43.4 Å². The monoisotopic (exact) mass is 422 g/mol. The number of hydrogen-bond donors (Lipinski definition) is 2. The number of carbonyl (C=O) groups is 1. The van der Waals surface area contributed by atoms with Crippen LogP contribution >= 0.6 is 12.2 Å². The van der Waals surface area contributed by atoms with Gasteiger partial charge >= 0.3 is 0 Å². The van der Waals surface area contributed by atoms with Crippen molar-refractivity contribution >= 4 is 40.7 Å². The molecule has 5 nitrogen and oxygen atoms in total. The minimum absolute atomic E-state index is 0.255. The highest BCUT2D eigenvalue weighted by Crippen LogP contribution is 2.19. The predicted octanol–water partition coefficient (Wildman–Crippen LogP) is 4.09. The van der Waals surface area contributed by atoms with E-state index in [-0.39, 0.29) is 11.0 Å². The van der Waals surface area contributed by atoms with Gasteiger partial charge in [0.25, 0.3) is 0 Å². The SMILES string of the molecule is CC(C)c1ccc(/C=C/C(=O)NC(=S)Nc2ccc(N3CCN(C)CC3)cc2)cc1. The molecule has 0 spiro atoms. The van der Waals surface area contributed by atoms with Gasteiger partial charge in [-0.1, -0.05) is 38.1 Å². The highest BCUT2D eigenvalue weighted by atomic mass is 32.1. The van der Waals surface area contributed by atoms with Gasteiger partial charge in [0.05, 0.1) is 0 Å². The number of carbonyl (C=O) groups excluding carboxylic acids is 1. The van der Waals surface area contributed by atoms with E-state index in [2.05, 4.69) is 65.6 Å². The fraction of sp³-hybridized carbons (Fsp3) is 0.333. The molecule has 1 amide bonds. The Bertz CT molecular complexity index is 882. The van der Waals surface area contributed by atoms with Crippen molar-refractivity contribution < 1.29 is 4.79 Å². The van der Waals surface area contributed by atoms with Gasteiger partial charge in [0.15, 0.2) is 5.11 Å². The van der Waals surface area contributed by atoms with Gasteiger partial charge in [-0.3, -0.25) is 10.1 Å². The largest absolute Gasteiger partial charge is 0.369 e. The van der Waals surface area contributed by atoms with E-state index >= 15 is 0 Å². The molecule has 3 rings (SSSR count). The summed E-state index contributed by atoms with van der Waals surface area (Å²) in [6.45, 7) is 8.53. The van der Waals surface area contributed by atoms with Crippen LogP contribution in [-0.4, -0.2) is 49.1 Å². The van der Waals surface area contributed by atoms with Crippen LogP contribution in [0.5, 0.6) is 0 Å². The highest BCUT2D eigenvalue weighted by Gasteiger charge is 2.14. The van der Waals surface area contributed by atoms with Gasteiger partial charge in [-0.2, -0.15) is 0 Å². The molecule has 0 atom stereocenters. The molecule has 158 valence electrons. The maximum absolute atomic E-state index is 12.1. The predicted molar refractivity (Wildman–Crippen MR) is 130 cm³/mol. The van der Waals surface area contributed by atoms with Crippen LogP contribution in [0, 0.1) is 0 Å². The Morgan fingerprint density at radius 2 is 1.63 bits per heavy atom. The summed E-state index contributed by atoms with van der Waals surface area (Å²) >= 11 is 5.27. The third kappa shape index (κ3) is 6.40. The van der Waals surface area contributed by atoms with Gasteiger partial charge in [0.1, 0.15) is 0 Å². The molecule has 1 saturated heterocycles. The van der Waals surface area contributed by atoms with E-state index in [1.54, 1.807) is 6.08 Å². The summed E-state index contributed by atoms with van der Waals surface area (Å²) in [5.74, 6) is 0.236. The number of benzene rings is 2. The van der Waals surface area contributed by atoms with Gasteiger partial charge in [0.2, 0.25) is 5.91 Å². The van der Waals surface area contributed by atoms with Gasteiger partial charge < -0.3 is 15.1 Å². The first kappa shape index (κ1) is 22.0. The van der Waals surface area contributed by atoms with Crippen LogP contribution in [0.1, 0.15) is 30.9 Å². The number of amides is 1. The summed E-state index contributed by atoms with van der Waals surface area (Å²) in [5.41, 5.74) is 4.31. The van der Waals surface area contributed by atoms with E-state index < -0.39 is 0 Å². The van der Waals surface area contributed by atoms with Crippen LogP contribution in [0.3, 0.4) is 0 Å². The number of rotatable bonds is 5. The third-order valence-electron chi connectivity index (χ3n) is 5.26. The molecule has 1 aliphatic heterocycles. The minimum Gasteiger partial charge on any atom is -0.369 e. The van der Waals surface area contributed by atoms with E-state index in [0.717, 1.165) is 37.4 Å². The second kappa shape index (κ2) is 10.4. The first-order valence-corrected chi connectivity index (χ1v) is 10.7. The number of piperazine rings is 1. The Kier molecular flexibility index (Phi) is 7.60. The normalized spacial score (nSPS) is 14.9. The molecule has 2 N–H and O–H groups in total. The number of anilines is 2. The molecule has 0 aromatic heterocycles. The molecule has 0 unspecified atom stereocenters. The zero-order valence-electron chi connectivity index (χ0n) is 17.9. The third-order valence-corrected chi connectivity index (χ3v) is 5.46. The standard InChI is InChI=1S/C24H30N4OS/c1-18(2)20-7-4-19(5-8-20)6-13-23(29)26-24(30)25-21-9-11-22(12-10-21)28-16-14-27(3)15-17-28/h4-13,18H,14-17H2,1-3H3,(H2,25,26,29,30)/b13-6+. The van der Waals surface area contributed by atoms with E-state index in [4.69, 9.17) is 12.2 Å². The average molecular weight is 423 g/mol. The molecule has 2 aromatic carbocycles. The van der Waals surface area contributed by atoms with E-state index in [9.17, 15) is 4.79 Å². The number of hydrogen-bond acceptors (Lipinski definition) is 4. The van der Waals surface area contributed by atoms with Crippen LogP contribution in [0.4, 0.5) is 11.4 Å². The second-order valence-corrected chi connectivity index (χ2v) is 8.34. The molecule has 0 radical (unpaired) electrons. The molecule has 0 saturated carbocycles. The molecule has 6 heteroatoms. The van der Waals surface area contributed by atoms with Crippen molar-refractivity contribution in [3.63, 3.8) is 0 Å². The maximum atomic E-state index is 12.1. The quantitative estimate of drug-likeness (QED) is 0.561. The zero-order valence-corrected chi connectivity index (χ0v) is 18.7. The van der Waals surface area contributed by atoms with Gasteiger partial charge in [-0.25, -0.2) is 0 Å². The van der Waals surface area contributed by atoms with E-state index in [0.29, 0.717) is 5.92 Å². The van der Waals surface area contributed by atoms with Crippen molar-refractivity contribution in [1.29, 1.82) is 0 Å². The Balaban J connectivity index is 1.48. The van der Waals surface area contributed by atoms with Crippen molar-refractivity contribution in [3.05, 3.63) is 65.7 Å². The van der Waals surface area contributed by atoms with Crippen LogP contribution in [-0.2, 0) is 4.79 Å². The van der Waals surface area contributed by atoms with Crippen LogP contribution < -0.4 is 15.5 Å². The average Bonchev–Trinajstić information content (AvgIpc) is 2.73. The zero-order chi connectivity index (χ0) is 21.5. The summed E-state index contributed by atoms with van der Waals surface area (Å²) in [6, 6.07) is 16.3. The molecule has 0 bridgehead atoms. The minimum atomic E-state index is -0.255. The fourth-order valence-corrected chi connectivity index (χ4v) is 3.52. The Hall–Kier alpha value is -2.70. The number of likely N-dealkylation sites (N-methyl/N-ethyl adjacent to an activating group) is 1. The van der Waals surface area contributed by atoms with Gasteiger partial charge in [-0.15, -0.1) is 0 Å². The smallest absolute Gasteiger partial charge is 0.250 e. The lowest BCUT2D eigenvalue weighted by atomic mass is 10.0. The molecule has 0 aliphatic carbocycles. The van der Waals surface area contributed by atoms with Crippen molar-refractivity contribution in [2.24, 2.45) is 0 Å². The lowest BCUT2D eigenvalue weighted by Gasteiger charge is -2.34. The van der Waals surface area contributed by atoms with Crippen molar-refractivity contribution in [3.8, 4) is 0 Å². The Morgan fingerprint density at radius 1 is 1.00 bits per heavy atom. The number of nitrogens with zero attached hydrogens (tertiary/aromatic N) is 2. The van der Waals surface area contributed by atoms with Crippen LogP contribution in [0.2, 0.25) is 0 Å². The molecule has 1 heterocycles. The summed E-state index contributed by atoms with van der Waals surface area (Å²) in [5, 5.41) is 6.04. The molecule has 30 heavy (non-hydrogen) atoms. The number of thiocarbonyl (C=S) groups is 1. The summed E-state index contributed by atoms with van der Waals surface area (Å²) in [6.07, 6.45) is 3.28. The van der Waals surface area contributed by atoms with Crippen molar-refractivity contribution in [2.45, 2.75) is 19.8 Å². The summed E-state index contributed by atoms with van der Waals surface area (Å²) < 4.78 is 0. The lowest BCUT2D eigenvalue weighted by molar-refractivity contribution is -0.115. The first-order valence-electron chi connectivity index (χ1n) is 10.3. The fourth-order valence-electron chi connectivity index (χ4n) is 3.30. The molecule has 1 aliphatic rings. The first-order chi connectivity index (χ1) is 14.4. The Labute approximate surface area is 184 Å². The van der Waals surface area contributed by atoms with Crippen molar-refractivity contribution in [1.82, 2.24) is 10.2 Å². The van der Waals surface area contributed by atoms with Crippen LogP contribution in [0.15, 0.2) is 54.6 Å².